The Balaban J connectivity index is 1.64. The molecule has 2 aromatic carbocycles. The number of benzene rings is 2. The molecule has 9 heteroatoms. The monoisotopic (exact) mass is 468 g/mol. The van der Waals surface area contributed by atoms with E-state index >= 15 is 0 Å². The molecule has 1 aliphatic heterocycles. The average Bonchev–Trinajstić information content (AvgIpc) is 3.37. The van der Waals surface area contributed by atoms with E-state index in [1.165, 1.54) is 18.2 Å². The topological polar surface area (TPSA) is 75.2 Å². The van der Waals surface area contributed by atoms with Crippen molar-refractivity contribution in [3.05, 3.63) is 82.9 Å². The second-order valence-electron chi connectivity index (χ2n) is 8.19. The van der Waals surface area contributed by atoms with E-state index in [2.05, 4.69) is 15.3 Å². The summed E-state index contributed by atoms with van der Waals surface area (Å²) in [7, 11) is 0. The Labute approximate surface area is 194 Å². The molecule has 0 unspecified atom stereocenters. The first-order chi connectivity index (χ1) is 16.2. The molecule has 6 nitrogen and oxygen atoms in total. The van der Waals surface area contributed by atoms with Gasteiger partial charge in [0.15, 0.2) is 0 Å². The van der Waals surface area contributed by atoms with E-state index in [1.54, 1.807) is 36.4 Å². The minimum absolute atomic E-state index is 0.193. The molecule has 1 saturated heterocycles. The van der Waals surface area contributed by atoms with Crippen LogP contribution in [0.2, 0.25) is 0 Å². The highest BCUT2D eigenvalue weighted by Gasteiger charge is 2.30. The average molecular weight is 468 g/mol. The van der Waals surface area contributed by atoms with Crippen LogP contribution in [0.1, 0.15) is 50.5 Å². The van der Waals surface area contributed by atoms with Crippen LogP contribution in [0.15, 0.2) is 54.9 Å². The van der Waals surface area contributed by atoms with Gasteiger partial charge in [0.05, 0.1) is 5.56 Å². The van der Waals surface area contributed by atoms with Crippen molar-refractivity contribution in [3.8, 4) is 11.1 Å². The van der Waals surface area contributed by atoms with E-state index in [4.69, 9.17) is 0 Å². The van der Waals surface area contributed by atoms with Crippen LogP contribution in [0.25, 0.3) is 11.1 Å². The fourth-order valence-electron chi connectivity index (χ4n) is 3.80. The summed E-state index contributed by atoms with van der Waals surface area (Å²) in [6.07, 6.45) is 0.608. The number of hydrogen-bond acceptors (Lipinski definition) is 4. The molecule has 1 aliphatic rings. The first-order valence-corrected chi connectivity index (χ1v) is 10.9. The first kappa shape index (κ1) is 23.4. The maximum Gasteiger partial charge on any atom is 0.416 e. The van der Waals surface area contributed by atoms with E-state index < -0.39 is 17.6 Å². The molecule has 0 spiro atoms. The van der Waals surface area contributed by atoms with Gasteiger partial charge in [0, 0.05) is 48.7 Å². The number of amides is 2. The van der Waals surface area contributed by atoms with Crippen LogP contribution < -0.4 is 5.32 Å². The van der Waals surface area contributed by atoms with Crippen molar-refractivity contribution in [2.75, 3.05) is 13.1 Å². The summed E-state index contributed by atoms with van der Waals surface area (Å²) in [5, 5.41) is 2.79. The summed E-state index contributed by atoms with van der Waals surface area (Å²) in [5.74, 6) is 0.00133. The number of rotatable bonds is 5. The number of halogens is 3. The third kappa shape index (κ3) is 5.41. The predicted octanol–water partition coefficient (Wildman–Crippen LogP) is 4.64. The summed E-state index contributed by atoms with van der Waals surface area (Å²) in [4.78, 5) is 35.9. The molecule has 34 heavy (non-hydrogen) atoms. The fraction of sp³-hybridized carbons (Fsp3) is 0.280. The summed E-state index contributed by atoms with van der Waals surface area (Å²) in [6.45, 7) is 3.23. The van der Waals surface area contributed by atoms with Crippen molar-refractivity contribution < 1.29 is 22.8 Å². The molecule has 0 radical (unpaired) electrons. The number of nitrogens with zero attached hydrogens (tertiary/aromatic N) is 3. The van der Waals surface area contributed by atoms with Gasteiger partial charge >= 0.3 is 6.18 Å². The SMILES string of the molecule is Cc1ncc(CNC(=O)c2cc(C(=O)N3CCCC3)cc(-c3ccc(C(F)(F)F)cc3)c2)cn1. The highest BCUT2D eigenvalue weighted by molar-refractivity contribution is 6.01. The Kier molecular flexibility index (Phi) is 6.63. The third-order valence-electron chi connectivity index (χ3n) is 5.67. The standard InChI is InChI=1S/C25H23F3N4O2/c1-16-29-13-17(14-30-16)15-31-23(33)20-10-19(18-4-6-22(7-5-18)25(26,27)28)11-21(12-20)24(34)32-8-2-3-9-32/h4-7,10-14H,2-3,8-9,15H2,1H3,(H,31,33). The van der Waals surface area contributed by atoms with Gasteiger partial charge < -0.3 is 10.2 Å². The van der Waals surface area contributed by atoms with Gasteiger partial charge in [0.25, 0.3) is 11.8 Å². The third-order valence-corrected chi connectivity index (χ3v) is 5.67. The van der Waals surface area contributed by atoms with Crippen LogP contribution in [-0.4, -0.2) is 39.8 Å². The zero-order valence-corrected chi connectivity index (χ0v) is 18.5. The molecule has 1 aromatic heterocycles. The lowest BCUT2D eigenvalue weighted by Crippen LogP contribution is -2.28. The molecule has 0 aliphatic carbocycles. The number of aromatic nitrogens is 2. The fourth-order valence-corrected chi connectivity index (χ4v) is 3.80. The van der Waals surface area contributed by atoms with Gasteiger partial charge in [-0.2, -0.15) is 13.2 Å². The summed E-state index contributed by atoms with van der Waals surface area (Å²) in [6, 6.07) is 9.37. The van der Waals surface area contributed by atoms with Gasteiger partial charge in [-0.05, 0) is 61.2 Å². The Morgan fingerprint density at radius 3 is 2.18 bits per heavy atom. The van der Waals surface area contributed by atoms with Crippen LogP contribution in [0.4, 0.5) is 13.2 Å². The Morgan fingerprint density at radius 1 is 0.941 bits per heavy atom. The molecule has 0 atom stereocenters. The normalized spacial score (nSPS) is 13.7. The van der Waals surface area contributed by atoms with Crippen LogP contribution in [0, 0.1) is 6.92 Å². The molecule has 4 rings (SSSR count). The van der Waals surface area contributed by atoms with Gasteiger partial charge in [-0.25, -0.2) is 9.97 Å². The van der Waals surface area contributed by atoms with Crippen molar-refractivity contribution in [3.63, 3.8) is 0 Å². The molecular weight excluding hydrogens is 445 g/mol. The Hall–Kier alpha value is -3.75. The molecule has 0 saturated carbocycles. The zero-order valence-electron chi connectivity index (χ0n) is 18.5. The van der Waals surface area contributed by atoms with Gasteiger partial charge in [-0.1, -0.05) is 12.1 Å². The summed E-state index contributed by atoms with van der Waals surface area (Å²) in [5.41, 5.74) is 1.48. The minimum atomic E-state index is -4.45. The van der Waals surface area contributed by atoms with E-state index in [-0.39, 0.29) is 18.0 Å². The van der Waals surface area contributed by atoms with Crippen LogP contribution >= 0.6 is 0 Å². The molecule has 176 valence electrons. The quantitative estimate of drug-likeness (QED) is 0.592. The number of nitrogens with one attached hydrogen (secondary N) is 1. The van der Waals surface area contributed by atoms with Crippen molar-refractivity contribution in [1.82, 2.24) is 20.2 Å². The van der Waals surface area contributed by atoms with Crippen molar-refractivity contribution >= 4 is 11.8 Å². The lowest BCUT2D eigenvalue weighted by Gasteiger charge is -2.17. The van der Waals surface area contributed by atoms with Gasteiger partial charge in [-0.3, -0.25) is 9.59 Å². The van der Waals surface area contributed by atoms with Crippen molar-refractivity contribution in [2.24, 2.45) is 0 Å². The van der Waals surface area contributed by atoms with E-state index in [0.717, 1.165) is 25.0 Å². The number of likely N-dealkylation sites (tertiary alicyclic amines) is 1. The van der Waals surface area contributed by atoms with Gasteiger partial charge in [0.1, 0.15) is 5.82 Å². The highest BCUT2D eigenvalue weighted by Crippen LogP contribution is 2.31. The van der Waals surface area contributed by atoms with E-state index in [9.17, 15) is 22.8 Å². The predicted molar refractivity (Wildman–Crippen MR) is 120 cm³/mol. The van der Waals surface area contributed by atoms with Crippen molar-refractivity contribution in [2.45, 2.75) is 32.5 Å². The molecule has 1 fully saturated rings. The molecule has 2 amide bonds. The Morgan fingerprint density at radius 2 is 1.56 bits per heavy atom. The van der Waals surface area contributed by atoms with Gasteiger partial charge in [0.2, 0.25) is 0 Å². The Bertz CT molecular complexity index is 1190. The lowest BCUT2D eigenvalue weighted by atomic mass is 9.97. The second kappa shape index (κ2) is 9.62. The highest BCUT2D eigenvalue weighted by atomic mass is 19.4. The maximum atomic E-state index is 13.0. The number of carbonyl (C=O) groups excluding carboxylic acids is 2. The second-order valence-corrected chi connectivity index (χ2v) is 8.19. The molecule has 0 bridgehead atoms. The summed E-state index contributed by atoms with van der Waals surface area (Å²) >= 11 is 0. The van der Waals surface area contributed by atoms with E-state index in [0.29, 0.717) is 41.2 Å². The van der Waals surface area contributed by atoms with Crippen LogP contribution in [-0.2, 0) is 12.7 Å². The largest absolute Gasteiger partial charge is 0.416 e. The number of alkyl halides is 3. The molecule has 3 aromatic rings. The molecular formula is C25H23F3N4O2. The van der Waals surface area contributed by atoms with Gasteiger partial charge in [-0.15, -0.1) is 0 Å². The summed E-state index contributed by atoms with van der Waals surface area (Å²) < 4.78 is 38.9. The van der Waals surface area contributed by atoms with Crippen LogP contribution in [0.3, 0.4) is 0 Å². The smallest absolute Gasteiger partial charge is 0.348 e. The minimum Gasteiger partial charge on any atom is -0.348 e. The number of hydrogen-bond donors (Lipinski definition) is 1. The molecule has 1 N–H and O–H groups in total. The van der Waals surface area contributed by atoms with Crippen LogP contribution in [0.5, 0.6) is 0 Å². The number of aryl methyl sites for hydroxylation is 1. The van der Waals surface area contributed by atoms with E-state index in [1.807, 2.05) is 0 Å². The van der Waals surface area contributed by atoms with Crippen molar-refractivity contribution in [1.29, 1.82) is 0 Å². The lowest BCUT2D eigenvalue weighted by molar-refractivity contribution is -0.137. The molecule has 2 heterocycles. The number of carbonyl (C=O) groups is 2. The first-order valence-electron chi connectivity index (χ1n) is 10.9. The maximum absolute atomic E-state index is 13.0. The zero-order chi connectivity index (χ0) is 24.3.